The molecule has 0 aliphatic carbocycles. The molecule has 0 spiro atoms. The van der Waals surface area contributed by atoms with Gasteiger partial charge < -0.3 is 0 Å². The van der Waals surface area contributed by atoms with Crippen molar-refractivity contribution in [1.82, 2.24) is 4.90 Å². The lowest BCUT2D eigenvalue weighted by atomic mass is 10.1. The fraction of sp³-hybridized carbons (Fsp3) is 0.214. The van der Waals surface area contributed by atoms with Gasteiger partial charge in [0.2, 0.25) is 0 Å². The van der Waals surface area contributed by atoms with E-state index in [2.05, 4.69) is 0 Å². The van der Waals surface area contributed by atoms with E-state index in [1.54, 1.807) is 24.3 Å². The smallest absolute Gasteiger partial charge is 0.261 e. The van der Waals surface area contributed by atoms with Crippen LogP contribution in [0.5, 0.6) is 0 Å². The number of rotatable bonds is 5. The molecule has 2 amide bonds. The van der Waals surface area contributed by atoms with Crippen molar-refractivity contribution in [3.8, 4) is 0 Å². The first-order valence-electron chi connectivity index (χ1n) is 5.90. The van der Waals surface area contributed by atoms with Crippen LogP contribution in [0.3, 0.4) is 0 Å². The third kappa shape index (κ3) is 2.74. The number of imide groups is 1. The summed E-state index contributed by atoms with van der Waals surface area (Å²) >= 11 is 5.29. The Morgan fingerprint density at radius 2 is 1.74 bits per heavy atom. The number of halogens is 1. The van der Waals surface area contributed by atoms with Crippen molar-refractivity contribution >= 4 is 29.2 Å². The molecule has 19 heavy (non-hydrogen) atoms. The van der Waals surface area contributed by atoms with Gasteiger partial charge in [-0.2, -0.15) is 0 Å². The highest BCUT2D eigenvalue weighted by Gasteiger charge is 2.34. The van der Waals surface area contributed by atoms with E-state index in [1.165, 1.54) is 11.0 Å². The third-order valence-electron chi connectivity index (χ3n) is 2.93. The Bertz CT molecular complexity index is 531. The minimum Gasteiger partial charge on any atom is -0.295 e. The van der Waals surface area contributed by atoms with E-state index in [-0.39, 0.29) is 30.6 Å². The Morgan fingerprint density at radius 3 is 2.26 bits per heavy atom. The molecule has 0 fully saturated rings. The normalized spacial score (nSPS) is 14.3. The number of carbonyl (C=O) groups excluding carboxylic acids is 3. The molecule has 1 aromatic rings. The Labute approximate surface area is 115 Å². The maximum Gasteiger partial charge on any atom is 0.261 e. The molecule has 0 radical (unpaired) electrons. The molecule has 1 aliphatic rings. The van der Waals surface area contributed by atoms with Crippen molar-refractivity contribution in [2.24, 2.45) is 0 Å². The van der Waals surface area contributed by atoms with Crippen molar-refractivity contribution in [1.29, 1.82) is 0 Å². The molecule has 1 heterocycles. The summed E-state index contributed by atoms with van der Waals surface area (Å²) in [5.74, 6) is -0.700. The first kappa shape index (κ1) is 13.5. The summed E-state index contributed by atoms with van der Waals surface area (Å²) in [6, 6.07) is 6.72. The third-order valence-corrected chi connectivity index (χ3v) is 3.06. The Balaban J connectivity index is 1.99. The standard InChI is InChI=1S/C14H12ClNO3/c15-8-7-10(17)4-3-9-16-13(18)11-5-1-2-6-12(11)14(16)19/h1-2,5-8H,3-4,9H2/b8-7+. The topological polar surface area (TPSA) is 54.5 Å². The number of nitrogens with zero attached hydrogens (tertiary/aromatic N) is 1. The Kier molecular flexibility index (Phi) is 4.12. The lowest BCUT2D eigenvalue weighted by Gasteiger charge is -2.12. The maximum absolute atomic E-state index is 12.0. The molecular formula is C14H12ClNO3. The molecule has 1 aromatic carbocycles. The zero-order valence-electron chi connectivity index (χ0n) is 10.1. The lowest BCUT2D eigenvalue weighted by Crippen LogP contribution is -2.30. The van der Waals surface area contributed by atoms with Crippen LogP contribution < -0.4 is 0 Å². The summed E-state index contributed by atoms with van der Waals surface area (Å²) in [5.41, 5.74) is 2.02. The van der Waals surface area contributed by atoms with Crippen molar-refractivity contribution < 1.29 is 14.4 Å². The number of hydrogen-bond acceptors (Lipinski definition) is 3. The number of allylic oxidation sites excluding steroid dienone is 1. The molecule has 0 bridgehead atoms. The molecule has 98 valence electrons. The van der Waals surface area contributed by atoms with E-state index < -0.39 is 0 Å². The Hall–Kier alpha value is -1.94. The molecule has 0 atom stereocenters. The molecule has 0 unspecified atom stereocenters. The van der Waals surface area contributed by atoms with Crippen LogP contribution in [0.4, 0.5) is 0 Å². The van der Waals surface area contributed by atoms with E-state index >= 15 is 0 Å². The van der Waals surface area contributed by atoms with E-state index in [0.717, 1.165) is 5.54 Å². The summed E-state index contributed by atoms with van der Waals surface area (Å²) in [7, 11) is 0. The highest BCUT2D eigenvalue weighted by atomic mass is 35.5. The molecule has 0 aromatic heterocycles. The molecule has 1 aliphatic heterocycles. The summed E-state index contributed by atoms with van der Waals surface area (Å²) in [6.07, 6.45) is 1.96. The quantitative estimate of drug-likeness (QED) is 0.613. The fourth-order valence-corrected chi connectivity index (χ4v) is 2.15. The van der Waals surface area contributed by atoms with Crippen molar-refractivity contribution in [3.63, 3.8) is 0 Å². The molecular weight excluding hydrogens is 266 g/mol. The molecule has 0 saturated carbocycles. The van der Waals surface area contributed by atoms with Crippen LogP contribution in [-0.4, -0.2) is 29.0 Å². The van der Waals surface area contributed by atoms with Gasteiger partial charge in [-0.3, -0.25) is 19.3 Å². The molecule has 2 rings (SSSR count). The second-order valence-corrected chi connectivity index (χ2v) is 4.42. The lowest BCUT2D eigenvalue weighted by molar-refractivity contribution is -0.114. The van der Waals surface area contributed by atoms with Crippen molar-refractivity contribution in [2.45, 2.75) is 12.8 Å². The first-order valence-corrected chi connectivity index (χ1v) is 6.33. The monoisotopic (exact) mass is 277 g/mol. The minimum atomic E-state index is -0.291. The van der Waals surface area contributed by atoms with Gasteiger partial charge in [0.25, 0.3) is 11.8 Å². The average Bonchev–Trinajstić information content (AvgIpc) is 2.65. The van der Waals surface area contributed by atoms with E-state index in [4.69, 9.17) is 11.6 Å². The van der Waals surface area contributed by atoms with Crippen LogP contribution in [-0.2, 0) is 4.79 Å². The van der Waals surface area contributed by atoms with Crippen molar-refractivity contribution in [3.05, 3.63) is 47.0 Å². The van der Waals surface area contributed by atoms with Gasteiger partial charge in [0.1, 0.15) is 0 Å². The van der Waals surface area contributed by atoms with E-state index in [1.807, 2.05) is 0 Å². The van der Waals surface area contributed by atoms with Gasteiger partial charge in [-0.1, -0.05) is 23.7 Å². The average molecular weight is 278 g/mol. The Morgan fingerprint density at radius 1 is 1.16 bits per heavy atom. The zero-order chi connectivity index (χ0) is 13.8. The highest BCUT2D eigenvalue weighted by molar-refractivity contribution is 6.26. The van der Waals surface area contributed by atoms with Crippen molar-refractivity contribution in [2.75, 3.05) is 6.54 Å². The molecule has 4 nitrogen and oxygen atoms in total. The largest absolute Gasteiger partial charge is 0.295 e. The van der Waals surface area contributed by atoms with Crippen LogP contribution in [0, 0.1) is 0 Å². The SMILES string of the molecule is O=C(/C=C/Cl)CCCN1C(=O)c2ccccc2C1=O. The summed E-state index contributed by atoms with van der Waals surface area (Å²) in [4.78, 5) is 36.4. The fourth-order valence-electron chi connectivity index (χ4n) is 2.01. The van der Waals surface area contributed by atoms with Crippen LogP contribution in [0.2, 0.25) is 0 Å². The number of benzene rings is 1. The van der Waals surface area contributed by atoms with Crippen LogP contribution in [0.1, 0.15) is 33.6 Å². The first-order chi connectivity index (χ1) is 9.15. The van der Waals surface area contributed by atoms with Gasteiger partial charge in [0, 0.05) is 18.5 Å². The molecule has 5 heteroatoms. The van der Waals surface area contributed by atoms with Gasteiger partial charge in [-0.25, -0.2) is 0 Å². The highest BCUT2D eigenvalue weighted by Crippen LogP contribution is 2.22. The zero-order valence-corrected chi connectivity index (χ0v) is 10.9. The van der Waals surface area contributed by atoms with Crippen LogP contribution in [0.25, 0.3) is 0 Å². The number of amides is 2. The van der Waals surface area contributed by atoms with Gasteiger partial charge >= 0.3 is 0 Å². The van der Waals surface area contributed by atoms with Crippen LogP contribution in [0.15, 0.2) is 35.9 Å². The molecule has 0 N–H and O–H groups in total. The summed E-state index contributed by atoms with van der Waals surface area (Å²) in [5, 5.41) is 0. The summed E-state index contributed by atoms with van der Waals surface area (Å²) < 4.78 is 0. The van der Waals surface area contributed by atoms with E-state index in [0.29, 0.717) is 17.5 Å². The number of carbonyl (C=O) groups is 3. The van der Waals surface area contributed by atoms with E-state index in [9.17, 15) is 14.4 Å². The predicted molar refractivity (Wildman–Crippen MR) is 71.0 cm³/mol. The van der Waals surface area contributed by atoms with Gasteiger partial charge in [-0.15, -0.1) is 0 Å². The van der Waals surface area contributed by atoms with Gasteiger partial charge in [0.15, 0.2) is 5.78 Å². The second kappa shape index (κ2) is 5.80. The maximum atomic E-state index is 12.0. The number of fused-ring (bicyclic) bond motifs is 1. The predicted octanol–water partition coefficient (Wildman–Crippen LogP) is 2.38. The second-order valence-electron chi connectivity index (χ2n) is 4.17. The summed E-state index contributed by atoms with van der Waals surface area (Å²) in [6.45, 7) is 0.244. The number of hydrogen-bond donors (Lipinski definition) is 0. The number of ketones is 1. The van der Waals surface area contributed by atoms with Crippen LogP contribution >= 0.6 is 11.6 Å². The minimum absolute atomic E-state index is 0.119. The molecule has 0 saturated heterocycles. The van der Waals surface area contributed by atoms with Gasteiger partial charge in [0.05, 0.1) is 11.1 Å². The van der Waals surface area contributed by atoms with Gasteiger partial charge in [-0.05, 0) is 24.6 Å².